The van der Waals surface area contributed by atoms with Crippen molar-refractivity contribution in [2.75, 3.05) is 19.0 Å². The molecular weight excluding hydrogens is 319 g/mol. The van der Waals surface area contributed by atoms with Gasteiger partial charge in [-0.1, -0.05) is 17.7 Å². The van der Waals surface area contributed by atoms with Crippen LogP contribution in [0.1, 0.15) is 12.5 Å². The van der Waals surface area contributed by atoms with Gasteiger partial charge < -0.3 is 15.0 Å². The van der Waals surface area contributed by atoms with Crippen molar-refractivity contribution in [1.82, 2.24) is 4.90 Å². The van der Waals surface area contributed by atoms with Crippen LogP contribution in [-0.4, -0.2) is 24.6 Å². The number of halogens is 2. The Kier molecular flexibility index (Phi) is 5.82. The number of rotatable bonds is 5. The molecule has 0 spiro atoms. The monoisotopic (exact) mass is 336 g/mol. The third-order valence-electron chi connectivity index (χ3n) is 3.22. The molecule has 0 saturated heterocycles. The molecule has 0 bridgehead atoms. The third kappa shape index (κ3) is 4.60. The number of urea groups is 1. The van der Waals surface area contributed by atoms with Crippen LogP contribution in [0.25, 0.3) is 0 Å². The summed E-state index contributed by atoms with van der Waals surface area (Å²) in [6.07, 6.45) is 0. The zero-order valence-corrected chi connectivity index (χ0v) is 13.7. The van der Waals surface area contributed by atoms with Crippen molar-refractivity contribution in [3.63, 3.8) is 0 Å². The zero-order chi connectivity index (χ0) is 16.8. The highest BCUT2D eigenvalue weighted by molar-refractivity contribution is 6.31. The van der Waals surface area contributed by atoms with E-state index < -0.39 is 5.82 Å². The second-order valence-electron chi connectivity index (χ2n) is 4.94. The SMILES string of the molecule is CCOc1ccc(NC(=O)N(C)Cc2c(F)cccc2Cl)cc1. The molecule has 0 unspecified atom stereocenters. The molecule has 0 fully saturated rings. The van der Waals surface area contributed by atoms with Crippen molar-refractivity contribution in [2.24, 2.45) is 0 Å². The summed E-state index contributed by atoms with van der Waals surface area (Å²) >= 11 is 5.97. The normalized spacial score (nSPS) is 10.3. The van der Waals surface area contributed by atoms with Gasteiger partial charge in [0.05, 0.1) is 13.2 Å². The average Bonchev–Trinajstić information content (AvgIpc) is 2.53. The van der Waals surface area contributed by atoms with Gasteiger partial charge in [0, 0.05) is 23.3 Å². The Hall–Kier alpha value is -2.27. The van der Waals surface area contributed by atoms with Gasteiger partial charge in [0.2, 0.25) is 0 Å². The van der Waals surface area contributed by atoms with Gasteiger partial charge in [0.15, 0.2) is 0 Å². The molecule has 6 heteroatoms. The molecule has 2 amide bonds. The van der Waals surface area contributed by atoms with Crippen molar-refractivity contribution in [3.05, 3.63) is 58.9 Å². The molecule has 23 heavy (non-hydrogen) atoms. The van der Waals surface area contributed by atoms with Crippen LogP contribution in [0.2, 0.25) is 5.02 Å². The summed E-state index contributed by atoms with van der Waals surface area (Å²) in [5, 5.41) is 3.03. The molecule has 122 valence electrons. The molecule has 0 heterocycles. The Balaban J connectivity index is 1.99. The van der Waals surface area contributed by atoms with E-state index >= 15 is 0 Å². The van der Waals surface area contributed by atoms with Crippen LogP contribution in [0.3, 0.4) is 0 Å². The molecule has 0 radical (unpaired) electrons. The quantitative estimate of drug-likeness (QED) is 0.870. The average molecular weight is 337 g/mol. The van der Waals surface area contributed by atoms with Crippen LogP contribution in [0.4, 0.5) is 14.9 Å². The Morgan fingerprint density at radius 2 is 1.96 bits per heavy atom. The Bertz CT molecular complexity index is 657. The number of ether oxygens (including phenoxy) is 1. The van der Waals surface area contributed by atoms with E-state index in [4.69, 9.17) is 16.3 Å². The fourth-order valence-corrected chi connectivity index (χ4v) is 2.24. The highest BCUT2D eigenvalue weighted by Gasteiger charge is 2.14. The number of anilines is 1. The minimum absolute atomic E-state index is 0.0777. The molecule has 0 atom stereocenters. The van der Waals surface area contributed by atoms with Gasteiger partial charge in [-0.25, -0.2) is 9.18 Å². The topological polar surface area (TPSA) is 41.6 Å². The highest BCUT2D eigenvalue weighted by atomic mass is 35.5. The first-order valence-corrected chi connectivity index (χ1v) is 7.57. The van der Waals surface area contributed by atoms with Gasteiger partial charge >= 0.3 is 6.03 Å². The van der Waals surface area contributed by atoms with Crippen LogP contribution in [0.5, 0.6) is 5.75 Å². The summed E-state index contributed by atoms with van der Waals surface area (Å²) in [7, 11) is 1.58. The Morgan fingerprint density at radius 3 is 2.57 bits per heavy atom. The third-order valence-corrected chi connectivity index (χ3v) is 3.57. The Labute approximate surface area is 139 Å². The first kappa shape index (κ1) is 17.1. The summed E-state index contributed by atoms with van der Waals surface area (Å²) in [6.45, 7) is 2.56. The maximum absolute atomic E-state index is 13.8. The lowest BCUT2D eigenvalue weighted by atomic mass is 10.2. The molecule has 1 N–H and O–H groups in total. The van der Waals surface area contributed by atoms with E-state index in [1.54, 1.807) is 37.4 Å². The second kappa shape index (κ2) is 7.83. The first-order chi connectivity index (χ1) is 11.0. The molecule has 0 aliphatic rings. The lowest BCUT2D eigenvalue weighted by Crippen LogP contribution is -2.31. The standard InChI is InChI=1S/C17H18ClFN2O2/c1-3-23-13-9-7-12(8-10-13)20-17(22)21(2)11-14-15(18)5-4-6-16(14)19/h4-10H,3,11H2,1-2H3,(H,20,22). The van der Waals surface area contributed by atoms with Crippen LogP contribution in [0.15, 0.2) is 42.5 Å². The minimum Gasteiger partial charge on any atom is -0.494 e. The van der Waals surface area contributed by atoms with Crippen LogP contribution in [0, 0.1) is 5.82 Å². The van der Waals surface area contributed by atoms with Gasteiger partial charge in [0.1, 0.15) is 11.6 Å². The van der Waals surface area contributed by atoms with Gasteiger partial charge in [-0.2, -0.15) is 0 Å². The van der Waals surface area contributed by atoms with Crippen molar-refractivity contribution in [1.29, 1.82) is 0 Å². The summed E-state index contributed by atoms with van der Waals surface area (Å²) in [6, 6.07) is 11.1. The molecule has 0 saturated carbocycles. The molecule has 2 aromatic carbocycles. The minimum atomic E-state index is -0.432. The predicted octanol–water partition coefficient (Wildman–Crippen LogP) is 4.54. The maximum atomic E-state index is 13.8. The number of amides is 2. The van der Waals surface area contributed by atoms with Crippen molar-refractivity contribution < 1.29 is 13.9 Å². The summed E-state index contributed by atoms with van der Waals surface area (Å²) in [4.78, 5) is 13.5. The summed E-state index contributed by atoms with van der Waals surface area (Å²) < 4.78 is 19.1. The van der Waals surface area contributed by atoms with Crippen LogP contribution in [-0.2, 0) is 6.54 Å². The van der Waals surface area contributed by atoms with E-state index in [1.165, 1.54) is 17.0 Å². The van der Waals surface area contributed by atoms with Gasteiger partial charge in [-0.15, -0.1) is 0 Å². The zero-order valence-electron chi connectivity index (χ0n) is 13.0. The van der Waals surface area contributed by atoms with E-state index in [0.717, 1.165) is 5.75 Å². The smallest absolute Gasteiger partial charge is 0.321 e. The summed E-state index contributed by atoms with van der Waals surface area (Å²) in [5.74, 6) is 0.301. The lowest BCUT2D eigenvalue weighted by Gasteiger charge is -2.19. The number of benzene rings is 2. The number of nitrogens with zero attached hydrogens (tertiary/aromatic N) is 1. The van der Waals surface area contributed by atoms with Gasteiger partial charge in [-0.3, -0.25) is 0 Å². The van der Waals surface area contributed by atoms with Crippen LogP contribution < -0.4 is 10.1 Å². The van der Waals surface area contributed by atoms with E-state index in [0.29, 0.717) is 22.9 Å². The molecule has 2 rings (SSSR count). The number of nitrogens with one attached hydrogen (secondary N) is 1. The number of hydrogen-bond donors (Lipinski definition) is 1. The molecule has 0 aromatic heterocycles. The predicted molar refractivity (Wildman–Crippen MR) is 89.5 cm³/mol. The van der Waals surface area contributed by atoms with Crippen molar-refractivity contribution in [3.8, 4) is 5.75 Å². The second-order valence-corrected chi connectivity index (χ2v) is 5.35. The highest BCUT2D eigenvalue weighted by Crippen LogP contribution is 2.21. The molecule has 0 aliphatic heterocycles. The van der Waals surface area contributed by atoms with E-state index in [9.17, 15) is 9.18 Å². The molecule has 0 aliphatic carbocycles. The number of hydrogen-bond acceptors (Lipinski definition) is 2. The molecule has 2 aromatic rings. The van der Waals surface area contributed by atoms with Crippen LogP contribution >= 0.6 is 11.6 Å². The number of carbonyl (C=O) groups is 1. The van der Waals surface area contributed by atoms with Crippen molar-refractivity contribution in [2.45, 2.75) is 13.5 Å². The van der Waals surface area contributed by atoms with E-state index in [-0.39, 0.29) is 12.6 Å². The first-order valence-electron chi connectivity index (χ1n) is 7.19. The molecular formula is C17H18ClFN2O2. The van der Waals surface area contributed by atoms with Crippen molar-refractivity contribution >= 4 is 23.3 Å². The largest absolute Gasteiger partial charge is 0.494 e. The van der Waals surface area contributed by atoms with Gasteiger partial charge in [0.25, 0.3) is 0 Å². The molecule has 4 nitrogen and oxygen atoms in total. The van der Waals surface area contributed by atoms with E-state index in [1.807, 2.05) is 6.92 Å². The fraction of sp³-hybridized carbons (Fsp3) is 0.235. The number of carbonyl (C=O) groups excluding carboxylic acids is 1. The summed E-state index contributed by atoms with van der Waals surface area (Å²) in [5.41, 5.74) is 0.920. The van der Waals surface area contributed by atoms with Gasteiger partial charge in [-0.05, 0) is 43.3 Å². The maximum Gasteiger partial charge on any atom is 0.321 e. The Morgan fingerprint density at radius 1 is 1.26 bits per heavy atom. The lowest BCUT2D eigenvalue weighted by molar-refractivity contribution is 0.220. The van der Waals surface area contributed by atoms with E-state index in [2.05, 4.69) is 5.32 Å². The fourth-order valence-electron chi connectivity index (χ4n) is 2.01.